The molecule has 0 saturated carbocycles. The van der Waals surface area contributed by atoms with E-state index in [1.165, 1.54) is 18.3 Å². The van der Waals surface area contributed by atoms with E-state index in [-0.39, 0.29) is 30.5 Å². The summed E-state index contributed by atoms with van der Waals surface area (Å²) in [5, 5.41) is 0. The second-order valence-corrected chi connectivity index (χ2v) is 4.39. The molecule has 1 heterocycles. The van der Waals surface area contributed by atoms with E-state index >= 15 is 0 Å². The van der Waals surface area contributed by atoms with Gasteiger partial charge in [-0.2, -0.15) is 0 Å². The molecule has 0 fully saturated rings. The lowest BCUT2D eigenvalue weighted by molar-refractivity contribution is 0.0519. The molecule has 0 atom stereocenters. The maximum absolute atomic E-state index is 13.6. The highest BCUT2D eigenvalue weighted by Crippen LogP contribution is 2.23. The van der Waals surface area contributed by atoms with Crippen molar-refractivity contribution in [2.75, 3.05) is 6.61 Å². The Balaban J connectivity index is 2.28. The molecule has 0 amide bonds. The first kappa shape index (κ1) is 15.7. The van der Waals surface area contributed by atoms with Gasteiger partial charge in [0.25, 0.3) is 0 Å². The number of benzene rings is 1. The molecule has 2 aromatic rings. The summed E-state index contributed by atoms with van der Waals surface area (Å²) in [6, 6.07) is 7.89. The zero-order valence-corrected chi connectivity index (χ0v) is 12.2. The first-order valence-electron chi connectivity index (χ1n) is 6.82. The molecule has 22 heavy (non-hydrogen) atoms. The van der Waals surface area contributed by atoms with Crippen LogP contribution >= 0.6 is 0 Å². The molecular formula is C17H16FNO3. The molecule has 0 aliphatic rings. The van der Waals surface area contributed by atoms with Gasteiger partial charge in [0.2, 0.25) is 5.88 Å². The number of pyridine rings is 1. The topological polar surface area (TPSA) is 48.4 Å². The van der Waals surface area contributed by atoms with Gasteiger partial charge in [-0.1, -0.05) is 30.9 Å². The summed E-state index contributed by atoms with van der Waals surface area (Å²) >= 11 is 0. The van der Waals surface area contributed by atoms with Crippen LogP contribution in [-0.2, 0) is 11.3 Å². The van der Waals surface area contributed by atoms with Crippen LogP contribution in [0.4, 0.5) is 4.39 Å². The molecule has 5 heteroatoms. The highest BCUT2D eigenvalue weighted by Gasteiger charge is 2.19. The molecule has 2 rings (SSSR count). The van der Waals surface area contributed by atoms with E-state index < -0.39 is 5.97 Å². The SMILES string of the molecule is C=Cc1ccnc(OCc2ccccc2F)c1C(=O)OCC. The number of carbonyl (C=O) groups excluding carboxylic acids is 1. The maximum Gasteiger partial charge on any atom is 0.344 e. The van der Waals surface area contributed by atoms with Crippen molar-refractivity contribution in [2.45, 2.75) is 13.5 Å². The summed E-state index contributed by atoms with van der Waals surface area (Å²) in [5.41, 5.74) is 1.12. The molecule has 4 nitrogen and oxygen atoms in total. The van der Waals surface area contributed by atoms with Crippen molar-refractivity contribution in [1.29, 1.82) is 0 Å². The highest BCUT2D eigenvalue weighted by molar-refractivity contribution is 5.95. The number of ether oxygens (including phenoxy) is 2. The number of halogens is 1. The van der Waals surface area contributed by atoms with Crippen molar-refractivity contribution >= 4 is 12.0 Å². The molecule has 114 valence electrons. The average molecular weight is 301 g/mol. The number of hydrogen-bond acceptors (Lipinski definition) is 4. The number of esters is 1. The lowest BCUT2D eigenvalue weighted by Crippen LogP contribution is -2.11. The minimum Gasteiger partial charge on any atom is -0.472 e. The van der Waals surface area contributed by atoms with Gasteiger partial charge in [0.1, 0.15) is 18.0 Å². The third-order valence-corrected chi connectivity index (χ3v) is 2.97. The third kappa shape index (κ3) is 3.49. The summed E-state index contributed by atoms with van der Waals surface area (Å²) in [7, 11) is 0. The Morgan fingerprint density at radius 1 is 1.36 bits per heavy atom. The Bertz CT molecular complexity index is 685. The Morgan fingerprint density at radius 2 is 2.14 bits per heavy atom. The summed E-state index contributed by atoms with van der Waals surface area (Å²) in [6.45, 7) is 5.56. The molecule has 0 N–H and O–H groups in total. The van der Waals surface area contributed by atoms with E-state index in [1.54, 1.807) is 31.2 Å². The van der Waals surface area contributed by atoms with Gasteiger partial charge in [0.05, 0.1) is 6.61 Å². The normalized spacial score (nSPS) is 10.1. The predicted octanol–water partition coefficient (Wildman–Crippen LogP) is 3.62. The molecule has 0 aliphatic carbocycles. The van der Waals surface area contributed by atoms with Gasteiger partial charge in [0, 0.05) is 11.8 Å². The van der Waals surface area contributed by atoms with E-state index in [0.29, 0.717) is 11.1 Å². The standard InChI is InChI=1S/C17H16FNO3/c1-3-12-9-10-19-16(15(12)17(20)21-4-2)22-11-13-7-5-6-8-14(13)18/h3,5-10H,1,4,11H2,2H3. The first-order valence-corrected chi connectivity index (χ1v) is 6.82. The van der Waals surface area contributed by atoms with Gasteiger partial charge >= 0.3 is 5.97 Å². The summed E-state index contributed by atoms with van der Waals surface area (Å²) < 4.78 is 24.1. The molecule has 0 bridgehead atoms. The van der Waals surface area contributed by atoms with E-state index in [0.717, 1.165) is 0 Å². The minimum atomic E-state index is -0.547. The summed E-state index contributed by atoms with van der Waals surface area (Å²) in [4.78, 5) is 16.1. The van der Waals surface area contributed by atoms with E-state index in [4.69, 9.17) is 9.47 Å². The van der Waals surface area contributed by atoms with Crippen molar-refractivity contribution < 1.29 is 18.7 Å². The fraction of sp³-hybridized carbons (Fsp3) is 0.176. The smallest absolute Gasteiger partial charge is 0.344 e. The van der Waals surface area contributed by atoms with E-state index in [2.05, 4.69) is 11.6 Å². The average Bonchev–Trinajstić information content (AvgIpc) is 2.53. The van der Waals surface area contributed by atoms with Crippen molar-refractivity contribution in [2.24, 2.45) is 0 Å². The Hall–Kier alpha value is -2.69. The maximum atomic E-state index is 13.6. The predicted molar refractivity (Wildman–Crippen MR) is 81.0 cm³/mol. The van der Waals surface area contributed by atoms with Gasteiger partial charge in [-0.3, -0.25) is 0 Å². The third-order valence-electron chi connectivity index (χ3n) is 2.97. The minimum absolute atomic E-state index is 0.0350. The van der Waals surface area contributed by atoms with Crippen molar-refractivity contribution in [3.05, 3.63) is 65.6 Å². The van der Waals surface area contributed by atoms with E-state index in [9.17, 15) is 9.18 Å². The molecular weight excluding hydrogens is 285 g/mol. The molecule has 0 aliphatic heterocycles. The summed E-state index contributed by atoms with van der Waals surface area (Å²) in [5.74, 6) is -0.826. The fourth-order valence-electron chi connectivity index (χ4n) is 1.91. The molecule has 0 saturated heterocycles. The number of aromatic nitrogens is 1. The molecule has 1 aromatic heterocycles. The summed E-state index contributed by atoms with van der Waals surface area (Å²) in [6.07, 6.45) is 3.01. The largest absolute Gasteiger partial charge is 0.472 e. The Labute approximate surface area is 128 Å². The highest BCUT2D eigenvalue weighted by atomic mass is 19.1. The van der Waals surface area contributed by atoms with Gasteiger partial charge in [-0.05, 0) is 24.6 Å². The second-order valence-electron chi connectivity index (χ2n) is 4.39. The van der Waals surface area contributed by atoms with Gasteiger partial charge in [-0.25, -0.2) is 14.2 Å². The quantitative estimate of drug-likeness (QED) is 0.765. The number of nitrogens with zero attached hydrogens (tertiary/aromatic N) is 1. The van der Waals surface area contributed by atoms with Crippen LogP contribution in [0.15, 0.2) is 43.1 Å². The first-order chi connectivity index (χ1) is 10.7. The number of hydrogen-bond donors (Lipinski definition) is 0. The molecule has 1 aromatic carbocycles. The zero-order valence-electron chi connectivity index (χ0n) is 12.2. The lowest BCUT2D eigenvalue weighted by Gasteiger charge is -2.12. The number of rotatable bonds is 6. The Morgan fingerprint density at radius 3 is 2.82 bits per heavy atom. The Kier molecular flexibility index (Phi) is 5.25. The second kappa shape index (κ2) is 7.36. The monoisotopic (exact) mass is 301 g/mol. The van der Waals surface area contributed by atoms with Gasteiger partial charge in [-0.15, -0.1) is 0 Å². The van der Waals surface area contributed by atoms with Crippen molar-refractivity contribution in [3.8, 4) is 5.88 Å². The van der Waals surface area contributed by atoms with Crippen LogP contribution in [0, 0.1) is 5.82 Å². The molecule has 0 spiro atoms. The molecule has 0 radical (unpaired) electrons. The fourth-order valence-corrected chi connectivity index (χ4v) is 1.91. The van der Waals surface area contributed by atoms with Crippen molar-refractivity contribution in [1.82, 2.24) is 4.98 Å². The molecule has 0 unspecified atom stereocenters. The van der Waals surface area contributed by atoms with Crippen LogP contribution in [0.5, 0.6) is 5.88 Å². The van der Waals surface area contributed by atoms with Crippen LogP contribution in [-0.4, -0.2) is 17.6 Å². The lowest BCUT2D eigenvalue weighted by atomic mass is 10.1. The van der Waals surface area contributed by atoms with Crippen LogP contribution in [0.1, 0.15) is 28.4 Å². The van der Waals surface area contributed by atoms with Gasteiger partial charge < -0.3 is 9.47 Å². The number of carbonyl (C=O) groups is 1. The van der Waals surface area contributed by atoms with Crippen molar-refractivity contribution in [3.63, 3.8) is 0 Å². The van der Waals surface area contributed by atoms with Gasteiger partial charge in [0.15, 0.2) is 0 Å². The van der Waals surface area contributed by atoms with E-state index in [1.807, 2.05) is 0 Å². The van der Waals surface area contributed by atoms with Crippen LogP contribution in [0.3, 0.4) is 0 Å². The van der Waals surface area contributed by atoms with Crippen LogP contribution in [0.25, 0.3) is 6.08 Å². The van der Waals surface area contributed by atoms with Crippen LogP contribution in [0.2, 0.25) is 0 Å². The van der Waals surface area contributed by atoms with Crippen LogP contribution < -0.4 is 4.74 Å². The zero-order chi connectivity index (χ0) is 15.9.